The van der Waals surface area contributed by atoms with Gasteiger partial charge in [0.15, 0.2) is 0 Å². The molecule has 17 heavy (non-hydrogen) atoms. The Morgan fingerprint density at radius 1 is 1.12 bits per heavy atom. The Balaban J connectivity index is 2.50. The first-order chi connectivity index (χ1) is 8.09. The van der Waals surface area contributed by atoms with E-state index in [4.69, 9.17) is 15.2 Å². The molecule has 1 aliphatic rings. The van der Waals surface area contributed by atoms with E-state index in [1.165, 1.54) is 16.7 Å². The highest BCUT2D eigenvalue weighted by Gasteiger charge is 2.37. The molecule has 3 heteroatoms. The van der Waals surface area contributed by atoms with E-state index in [0.717, 1.165) is 12.0 Å². The van der Waals surface area contributed by atoms with Gasteiger partial charge in [-0.15, -0.1) is 0 Å². The highest BCUT2D eigenvalue weighted by atomic mass is 16.7. The van der Waals surface area contributed by atoms with E-state index in [2.05, 4.69) is 32.9 Å². The summed E-state index contributed by atoms with van der Waals surface area (Å²) in [5.74, 6) is -0.736. The summed E-state index contributed by atoms with van der Waals surface area (Å²) < 4.78 is 11.7. The Morgan fingerprint density at radius 2 is 1.65 bits per heavy atom. The van der Waals surface area contributed by atoms with Crippen molar-refractivity contribution in [1.29, 1.82) is 0 Å². The van der Waals surface area contributed by atoms with Crippen LogP contribution in [-0.2, 0) is 15.3 Å². The van der Waals surface area contributed by atoms with E-state index in [9.17, 15) is 0 Å². The van der Waals surface area contributed by atoms with Crippen LogP contribution in [0.15, 0.2) is 12.1 Å². The van der Waals surface area contributed by atoms with Gasteiger partial charge < -0.3 is 15.2 Å². The second kappa shape index (κ2) is 4.77. The number of aryl methyl sites for hydroxylation is 3. The summed E-state index contributed by atoms with van der Waals surface area (Å²) in [6.07, 6.45) is 0.936. The molecule has 0 bridgehead atoms. The minimum absolute atomic E-state index is 0.359. The average Bonchev–Trinajstić information content (AvgIpc) is 2.28. The first kappa shape index (κ1) is 12.6. The molecular formula is C14H21NO2. The van der Waals surface area contributed by atoms with Gasteiger partial charge in [-0.05, 0) is 38.3 Å². The molecule has 0 unspecified atom stereocenters. The molecule has 0 amide bonds. The summed E-state index contributed by atoms with van der Waals surface area (Å²) >= 11 is 0. The first-order valence-electron chi connectivity index (χ1n) is 6.15. The Kier molecular flexibility index (Phi) is 3.52. The summed E-state index contributed by atoms with van der Waals surface area (Å²) in [5.41, 5.74) is 10.6. The van der Waals surface area contributed by atoms with Crippen LogP contribution in [0.2, 0.25) is 0 Å². The van der Waals surface area contributed by atoms with Crippen LogP contribution < -0.4 is 5.73 Å². The maximum atomic E-state index is 5.90. The molecule has 0 spiro atoms. The van der Waals surface area contributed by atoms with E-state index in [1.54, 1.807) is 0 Å². The van der Waals surface area contributed by atoms with Gasteiger partial charge in [-0.3, -0.25) is 0 Å². The van der Waals surface area contributed by atoms with Crippen molar-refractivity contribution >= 4 is 0 Å². The quantitative estimate of drug-likeness (QED) is 0.854. The predicted octanol–water partition coefficient (Wildman–Crippen LogP) is 2.16. The van der Waals surface area contributed by atoms with Crippen molar-refractivity contribution in [1.82, 2.24) is 0 Å². The molecule has 1 aromatic rings. The van der Waals surface area contributed by atoms with Crippen molar-refractivity contribution in [2.75, 3.05) is 19.8 Å². The number of hydrogen-bond acceptors (Lipinski definition) is 3. The van der Waals surface area contributed by atoms with Gasteiger partial charge in [0, 0.05) is 5.56 Å². The zero-order chi connectivity index (χ0) is 12.5. The van der Waals surface area contributed by atoms with E-state index < -0.39 is 5.79 Å². The molecule has 3 nitrogen and oxygen atoms in total. The van der Waals surface area contributed by atoms with Gasteiger partial charge in [0.05, 0.1) is 19.8 Å². The standard InChI is InChI=1S/C14H21NO2/c1-10-7-11(2)13(12(3)8-10)14(9-15)16-5-4-6-17-14/h7-8H,4-6,9,15H2,1-3H3. The van der Waals surface area contributed by atoms with E-state index >= 15 is 0 Å². The Hall–Kier alpha value is -0.900. The zero-order valence-corrected chi connectivity index (χ0v) is 10.9. The van der Waals surface area contributed by atoms with Gasteiger partial charge in [0.1, 0.15) is 0 Å². The molecular weight excluding hydrogens is 214 g/mol. The van der Waals surface area contributed by atoms with Gasteiger partial charge in [0.2, 0.25) is 5.79 Å². The molecule has 0 radical (unpaired) electrons. The minimum Gasteiger partial charge on any atom is -0.345 e. The molecule has 1 heterocycles. The van der Waals surface area contributed by atoms with E-state index in [1.807, 2.05) is 0 Å². The molecule has 2 rings (SSSR count). The Morgan fingerprint density at radius 3 is 2.12 bits per heavy atom. The fourth-order valence-corrected chi connectivity index (χ4v) is 2.72. The fourth-order valence-electron chi connectivity index (χ4n) is 2.72. The third-order valence-electron chi connectivity index (χ3n) is 3.29. The molecule has 0 atom stereocenters. The van der Waals surface area contributed by atoms with Crippen LogP contribution in [0.25, 0.3) is 0 Å². The molecule has 2 N–H and O–H groups in total. The van der Waals surface area contributed by atoms with Crippen molar-refractivity contribution in [2.45, 2.75) is 33.0 Å². The molecule has 1 saturated heterocycles. The third-order valence-corrected chi connectivity index (χ3v) is 3.29. The average molecular weight is 235 g/mol. The highest BCUT2D eigenvalue weighted by Crippen LogP contribution is 2.34. The van der Waals surface area contributed by atoms with Crippen molar-refractivity contribution in [3.63, 3.8) is 0 Å². The SMILES string of the molecule is Cc1cc(C)c(C2(CN)OCCCO2)c(C)c1. The molecule has 1 aliphatic heterocycles. The van der Waals surface area contributed by atoms with Crippen LogP contribution in [0.1, 0.15) is 28.7 Å². The summed E-state index contributed by atoms with van der Waals surface area (Å²) in [4.78, 5) is 0. The molecule has 1 aromatic carbocycles. The maximum absolute atomic E-state index is 5.90. The lowest BCUT2D eigenvalue weighted by molar-refractivity contribution is -0.270. The monoisotopic (exact) mass is 235 g/mol. The number of nitrogens with two attached hydrogens (primary N) is 1. The summed E-state index contributed by atoms with van der Waals surface area (Å²) in [6, 6.07) is 4.31. The van der Waals surface area contributed by atoms with Gasteiger partial charge in [-0.25, -0.2) is 0 Å². The zero-order valence-electron chi connectivity index (χ0n) is 10.9. The number of rotatable bonds is 2. The van der Waals surface area contributed by atoms with Crippen molar-refractivity contribution in [3.8, 4) is 0 Å². The van der Waals surface area contributed by atoms with Crippen LogP contribution in [-0.4, -0.2) is 19.8 Å². The van der Waals surface area contributed by atoms with Gasteiger partial charge >= 0.3 is 0 Å². The van der Waals surface area contributed by atoms with Gasteiger partial charge in [-0.1, -0.05) is 17.7 Å². The second-order valence-electron chi connectivity index (χ2n) is 4.78. The van der Waals surface area contributed by atoms with E-state index in [0.29, 0.717) is 19.8 Å². The van der Waals surface area contributed by atoms with Crippen LogP contribution in [0, 0.1) is 20.8 Å². The van der Waals surface area contributed by atoms with Crippen LogP contribution in [0.3, 0.4) is 0 Å². The van der Waals surface area contributed by atoms with E-state index in [-0.39, 0.29) is 0 Å². The third kappa shape index (κ3) is 2.23. The second-order valence-corrected chi connectivity index (χ2v) is 4.78. The smallest absolute Gasteiger partial charge is 0.208 e. The fraction of sp³-hybridized carbons (Fsp3) is 0.571. The maximum Gasteiger partial charge on any atom is 0.208 e. The molecule has 0 saturated carbocycles. The largest absolute Gasteiger partial charge is 0.345 e. The minimum atomic E-state index is -0.736. The summed E-state index contributed by atoms with van der Waals surface area (Å²) in [6.45, 7) is 8.06. The Labute approximate surface area is 103 Å². The summed E-state index contributed by atoms with van der Waals surface area (Å²) in [5, 5.41) is 0. The van der Waals surface area contributed by atoms with Crippen molar-refractivity contribution < 1.29 is 9.47 Å². The van der Waals surface area contributed by atoms with Crippen LogP contribution in [0.4, 0.5) is 0 Å². The number of benzene rings is 1. The van der Waals surface area contributed by atoms with Gasteiger partial charge in [0.25, 0.3) is 0 Å². The van der Waals surface area contributed by atoms with Crippen LogP contribution >= 0.6 is 0 Å². The lowest BCUT2D eigenvalue weighted by atomic mass is 9.92. The topological polar surface area (TPSA) is 44.5 Å². The van der Waals surface area contributed by atoms with Gasteiger partial charge in [-0.2, -0.15) is 0 Å². The van der Waals surface area contributed by atoms with Crippen molar-refractivity contribution in [3.05, 3.63) is 34.4 Å². The molecule has 0 aromatic heterocycles. The normalized spacial score (nSPS) is 19.3. The molecule has 94 valence electrons. The van der Waals surface area contributed by atoms with Crippen LogP contribution in [0.5, 0.6) is 0 Å². The molecule has 0 aliphatic carbocycles. The Bertz CT molecular complexity index is 386. The van der Waals surface area contributed by atoms with Crippen molar-refractivity contribution in [2.24, 2.45) is 5.73 Å². The summed E-state index contributed by atoms with van der Waals surface area (Å²) in [7, 11) is 0. The first-order valence-corrected chi connectivity index (χ1v) is 6.15. The lowest BCUT2D eigenvalue weighted by Crippen LogP contribution is -2.45. The number of hydrogen-bond donors (Lipinski definition) is 1. The number of ether oxygens (including phenoxy) is 2. The lowest BCUT2D eigenvalue weighted by Gasteiger charge is -2.38. The predicted molar refractivity (Wildman–Crippen MR) is 67.9 cm³/mol. The molecule has 1 fully saturated rings. The highest BCUT2D eigenvalue weighted by molar-refractivity contribution is 5.40.